The van der Waals surface area contributed by atoms with Gasteiger partial charge in [-0.25, -0.2) is 9.48 Å². The summed E-state index contributed by atoms with van der Waals surface area (Å²) in [4.78, 5) is 24.0. The molecule has 2 heterocycles. The van der Waals surface area contributed by atoms with Crippen molar-refractivity contribution in [3.63, 3.8) is 0 Å². The van der Waals surface area contributed by atoms with Crippen LogP contribution in [0.15, 0.2) is 6.20 Å². The summed E-state index contributed by atoms with van der Waals surface area (Å²) in [7, 11) is 0. The second-order valence-electron chi connectivity index (χ2n) is 4.74. The molecule has 0 aliphatic carbocycles. The zero-order valence-corrected chi connectivity index (χ0v) is 10.9. The highest BCUT2D eigenvalue weighted by Crippen LogP contribution is 2.15. The van der Waals surface area contributed by atoms with Crippen LogP contribution in [0.2, 0.25) is 0 Å². The van der Waals surface area contributed by atoms with Gasteiger partial charge in [0.25, 0.3) is 0 Å². The fraction of sp³-hybridized carbons (Fsp3) is 0.636. The average molecular weight is 283 g/mol. The molecule has 1 aliphatic rings. The van der Waals surface area contributed by atoms with Crippen molar-refractivity contribution in [3.8, 4) is 0 Å². The van der Waals surface area contributed by atoms with E-state index in [-0.39, 0.29) is 31.6 Å². The molecule has 1 aliphatic heterocycles. The Morgan fingerprint density at radius 2 is 2.30 bits per heavy atom. The predicted octanol–water partition coefficient (Wildman–Crippen LogP) is -1.11. The van der Waals surface area contributed by atoms with Crippen molar-refractivity contribution in [1.82, 2.24) is 25.2 Å². The molecule has 1 fully saturated rings. The van der Waals surface area contributed by atoms with Gasteiger partial charge in [0, 0.05) is 25.6 Å². The van der Waals surface area contributed by atoms with Crippen LogP contribution in [0.1, 0.15) is 12.1 Å². The fourth-order valence-electron chi connectivity index (χ4n) is 2.08. The molecule has 9 nitrogen and oxygen atoms in total. The van der Waals surface area contributed by atoms with E-state index in [9.17, 15) is 9.59 Å². The number of carbonyl (C=O) groups is 2. The van der Waals surface area contributed by atoms with Gasteiger partial charge in [-0.2, -0.15) is 0 Å². The van der Waals surface area contributed by atoms with Gasteiger partial charge in [0.15, 0.2) is 0 Å². The number of aliphatic carboxylic acids is 1. The molecule has 1 aromatic rings. The van der Waals surface area contributed by atoms with Crippen molar-refractivity contribution in [2.75, 3.05) is 19.7 Å². The Morgan fingerprint density at radius 3 is 2.95 bits per heavy atom. The summed E-state index contributed by atoms with van der Waals surface area (Å²) in [5.41, 5.74) is 0.498. The average Bonchev–Trinajstić information content (AvgIpc) is 3.04. The molecule has 1 saturated heterocycles. The zero-order valence-electron chi connectivity index (χ0n) is 10.9. The first-order chi connectivity index (χ1) is 9.58. The molecule has 3 N–H and O–H groups in total. The minimum Gasteiger partial charge on any atom is -0.480 e. The largest absolute Gasteiger partial charge is 0.480 e. The van der Waals surface area contributed by atoms with Crippen molar-refractivity contribution in [2.45, 2.75) is 19.5 Å². The summed E-state index contributed by atoms with van der Waals surface area (Å²) in [5.74, 6) is -0.852. The number of carboxylic acid groups (broad SMARTS) is 1. The maximum atomic E-state index is 11.8. The number of carboxylic acids is 1. The summed E-state index contributed by atoms with van der Waals surface area (Å²) in [6, 6.07) is -0.214. The van der Waals surface area contributed by atoms with Gasteiger partial charge in [-0.05, 0) is 6.42 Å². The molecule has 1 aromatic heterocycles. The maximum Gasteiger partial charge on any atom is 0.325 e. The van der Waals surface area contributed by atoms with Crippen molar-refractivity contribution >= 4 is 12.0 Å². The second-order valence-corrected chi connectivity index (χ2v) is 4.74. The smallest absolute Gasteiger partial charge is 0.325 e. The summed E-state index contributed by atoms with van der Waals surface area (Å²) in [5, 5.41) is 27.7. The molecule has 2 amide bonds. The van der Waals surface area contributed by atoms with E-state index in [0.29, 0.717) is 18.8 Å². The van der Waals surface area contributed by atoms with Gasteiger partial charge < -0.3 is 20.4 Å². The molecule has 0 aromatic carbocycles. The van der Waals surface area contributed by atoms with Crippen LogP contribution in [0.25, 0.3) is 0 Å². The van der Waals surface area contributed by atoms with Crippen LogP contribution in [0.3, 0.4) is 0 Å². The molecule has 0 bridgehead atoms. The van der Waals surface area contributed by atoms with Gasteiger partial charge in [-0.1, -0.05) is 5.21 Å². The summed E-state index contributed by atoms with van der Waals surface area (Å²) in [6.07, 6.45) is 2.29. The topological polar surface area (TPSA) is 121 Å². The molecule has 9 heteroatoms. The Kier molecular flexibility index (Phi) is 4.51. The molecule has 1 unspecified atom stereocenters. The number of amides is 2. The number of hydrogen-bond acceptors (Lipinski definition) is 5. The number of rotatable bonds is 5. The van der Waals surface area contributed by atoms with Crippen molar-refractivity contribution in [3.05, 3.63) is 11.9 Å². The predicted molar refractivity (Wildman–Crippen MR) is 66.7 cm³/mol. The van der Waals surface area contributed by atoms with Crippen LogP contribution in [0.5, 0.6) is 0 Å². The van der Waals surface area contributed by atoms with Crippen molar-refractivity contribution in [2.24, 2.45) is 5.92 Å². The van der Waals surface area contributed by atoms with Crippen LogP contribution in [0.4, 0.5) is 4.79 Å². The Balaban J connectivity index is 1.78. The van der Waals surface area contributed by atoms with E-state index in [1.54, 1.807) is 4.90 Å². The minimum atomic E-state index is -1.00. The molecule has 2 rings (SSSR count). The standard InChI is InChI=1S/C11H17N5O4/c17-7-8-1-2-15(4-8)11(20)12-3-9-5-16(14-13-9)6-10(18)19/h5,8,17H,1-4,6-7H2,(H,12,20)(H,18,19). The van der Waals surface area contributed by atoms with Crippen LogP contribution >= 0.6 is 0 Å². The molecule has 20 heavy (non-hydrogen) atoms. The Hall–Kier alpha value is -2.16. The quantitative estimate of drug-likeness (QED) is 0.630. The highest BCUT2D eigenvalue weighted by molar-refractivity contribution is 5.74. The zero-order chi connectivity index (χ0) is 14.5. The number of carbonyl (C=O) groups excluding carboxylic acids is 1. The minimum absolute atomic E-state index is 0.0906. The summed E-state index contributed by atoms with van der Waals surface area (Å²) in [6.45, 7) is 1.20. The van der Waals surface area contributed by atoms with Crippen molar-refractivity contribution in [1.29, 1.82) is 0 Å². The van der Waals surface area contributed by atoms with E-state index in [1.807, 2.05) is 0 Å². The van der Waals surface area contributed by atoms with Gasteiger partial charge in [0.1, 0.15) is 12.2 Å². The number of aliphatic hydroxyl groups excluding tert-OH is 1. The van der Waals surface area contributed by atoms with E-state index in [2.05, 4.69) is 15.6 Å². The number of likely N-dealkylation sites (tertiary alicyclic amines) is 1. The van der Waals surface area contributed by atoms with Crippen molar-refractivity contribution < 1.29 is 19.8 Å². The van der Waals surface area contributed by atoms with E-state index in [1.165, 1.54) is 10.9 Å². The third kappa shape index (κ3) is 3.67. The van der Waals surface area contributed by atoms with Crippen LogP contribution in [0, 0.1) is 5.92 Å². The molecular formula is C11H17N5O4. The van der Waals surface area contributed by atoms with Gasteiger partial charge in [-0.3, -0.25) is 4.79 Å². The normalized spacial score (nSPS) is 18.2. The summed E-state index contributed by atoms with van der Waals surface area (Å²) < 4.78 is 1.20. The fourth-order valence-corrected chi connectivity index (χ4v) is 2.08. The highest BCUT2D eigenvalue weighted by atomic mass is 16.4. The number of urea groups is 1. The molecule has 0 spiro atoms. The third-order valence-electron chi connectivity index (χ3n) is 3.14. The maximum absolute atomic E-state index is 11.8. The molecule has 0 radical (unpaired) electrons. The van der Waals surface area contributed by atoms with E-state index in [0.717, 1.165) is 6.42 Å². The van der Waals surface area contributed by atoms with Gasteiger partial charge in [0.2, 0.25) is 0 Å². The highest BCUT2D eigenvalue weighted by Gasteiger charge is 2.25. The lowest BCUT2D eigenvalue weighted by atomic mass is 10.1. The monoisotopic (exact) mass is 283 g/mol. The van der Waals surface area contributed by atoms with Gasteiger partial charge in [-0.15, -0.1) is 5.10 Å². The van der Waals surface area contributed by atoms with E-state index < -0.39 is 5.97 Å². The van der Waals surface area contributed by atoms with Gasteiger partial charge >= 0.3 is 12.0 Å². The Labute approximate surface area is 115 Å². The lowest BCUT2D eigenvalue weighted by Crippen LogP contribution is -2.38. The Morgan fingerprint density at radius 1 is 1.50 bits per heavy atom. The lowest BCUT2D eigenvalue weighted by Gasteiger charge is -2.16. The number of nitrogens with one attached hydrogen (secondary N) is 1. The van der Waals surface area contributed by atoms with Gasteiger partial charge in [0.05, 0.1) is 12.7 Å². The van der Waals surface area contributed by atoms with Crippen LogP contribution in [-0.2, 0) is 17.9 Å². The van der Waals surface area contributed by atoms with Crippen LogP contribution in [-0.4, -0.2) is 61.8 Å². The van der Waals surface area contributed by atoms with E-state index >= 15 is 0 Å². The Bertz CT molecular complexity index is 489. The number of hydrogen-bond donors (Lipinski definition) is 3. The summed E-state index contributed by atoms with van der Waals surface area (Å²) >= 11 is 0. The third-order valence-corrected chi connectivity index (χ3v) is 3.14. The van der Waals surface area contributed by atoms with Crippen LogP contribution < -0.4 is 5.32 Å². The molecule has 110 valence electrons. The first-order valence-corrected chi connectivity index (χ1v) is 6.33. The first kappa shape index (κ1) is 14.3. The first-order valence-electron chi connectivity index (χ1n) is 6.33. The number of aliphatic hydroxyl groups is 1. The molecule has 1 atom stereocenters. The molecule has 0 saturated carbocycles. The number of aromatic nitrogens is 3. The number of nitrogens with zero attached hydrogens (tertiary/aromatic N) is 4. The molecular weight excluding hydrogens is 266 g/mol. The lowest BCUT2D eigenvalue weighted by molar-refractivity contribution is -0.137. The second kappa shape index (κ2) is 6.33. The van der Waals surface area contributed by atoms with E-state index in [4.69, 9.17) is 10.2 Å². The SMILES string of the molecule is O=C(O)Cn1cc(CNC(=O)N2CCC(CO)C2)nn1.